The highest BCUT2D eigenvalue weighted by Crippen LogP contribution is 2.31. The van der Waals surface area contributed by atoms with Gasteiger partial charge in [0.2, 0.25) is 5.91 Å². The molecule has 24 heavy (non-hydrogen) atoms. The van der Waals surface area contributed by atoms with Gasteiger partial charge in [-0.3, -0.25) is 4.79 Å². The lowest BCUT2D eigenvalue weighted by molar-refractivity contribution is -0.115. The zero-order valence-corrected chi connectivity index (χ0v) is 14.8. The van der Waals surface area contributed by atoms with E-state index in [-0.39, 0.29) is 12.3 Å². The maximum absolute atomic E-state index is 12.4. The molecule has 0 saturated heterocycles. The number of thiophene rings is 1. The van der Waals surface area contributed by atoms with E-state index in [0.717, 1.165) is 34.9 Å². The largest absolute Gasteiger partial charge is 0.311 e. The molecule has 0 unspecified atom stereocenters. The molecule has 1 aliphatic carbocycles. The Morgan fingerprint density at radius 3 is 2.96 bits per heavy atom. The highest BCUT2D eigenvalue weighted by molar-refractivity contribution is 7.14. The van der Waals surface area contributed by atoms with E-state index in [1.165, 1.54) is 12.8 Å². The van der Waals surface area contributed by atoms with E-state index in [2.05, 4.69) is 20.8 Å². The summed E-state index contributed by atoms with van der Waals surface area (Å²) >= 11 is 3.23. The molecule has 0 radical (unpaired) electrons. The van der Waals surface area contributed by atoms with E-state index in [1.807, 2.05) is 27.6 Å². The molecule has 0 bridgehead atoms. The molecule has 1 amide bonds. The quantitative estimate of drug-likeness (QED) is 0.737. The third kappa shape index (κ3) is 3.27. The van der Waals surface area contributed by atoms with Crippen LogP contribution in [0.1, 0.15) is 37.4 Å². The lowest BCUT2D eigenvalue weighted by Gasteiger charge is -2.14. The third-order valence-electron chi connectivity index (χ3n) is 4.27. The maximum atomic E-state index is 12.4. The predicted molar refractivity (Wildman–Crippen MR) is 97.5 cm³/mol. The summed E-state index contributed by atoms with van der Waals surface area (Å²) < 4.78 is 1.96. The molecule has 1 N–H and O–H groups in total. The van der Waals surface area contributed by atoms with Gasteiger partial charge in [-0.15, -0.1) is 11.3 Å². The molecule has 124 valence electrons. The normalized spacial score (nSPS) is 15.0. The number of carbonyl (C=O) groups excluding carboxylic acids is 1. The highest BCUT2D eigenvalue weighted by Gasteiger charge is 2.20. The van der Waals surface area contributed by atoms with Crippen LogP contribution in [0.4, 0.5) is 5.82 Å². The molecule has 0 atom stereocenters. The van der Waals surface area contributed by atoms with Crippen LogP contribution in [-0.2, 0) is 11.2 Å². The van der Waals surface area contributed by atoms with Gasteiger partial charge >= 0.3 is 0 Å². The van der Waals surface area contributed by atoms with Gasteiger partial charge in [-0.1, -0.05) is 12.8 Å². The topological polar surface area (TPSA) is 59.8 Å². The Labute approximate surface area is 148 Å². The number of nitrogens with zero attached hydrogens (tertiary/aromatic N) is 3. The van der Waals surface area contributed by atoms with Crippen molar-refractivity contribution in [2.75, 3.05) is 5.32 Å². The number of hydrogen-bond acceptors (Lipinski definition) is 5. The van der Waals surface area contributed by atoms with Gasteiger partial charge in [0, 0.05) is 22.4 Å². The fourth-order valence-electron chi connectivity index (χ4n) is 3.11. The summed E-state index contributed by atoms with van der Waals surface area (Å²) in [5.41, 5.74) is 1.93. The molecular formula is C17H18N4OS2. The first-order valence-corrected chi connectivity index (χ1v) is 9.92. The molecule has 0 spiro atoms. The Balaban J connectivity index is 1.41. The average molecular weight is 358 g/mol. The Morgan fingerprint density at radius 1 is 1.29 bits per heavy atom. The smallest absolute Gasteiger partial charge is 0.231 e. The average Bonchev–Trinajstić information content (AvgIpc) is 3.35. The van der Waals surface area contributed by atoms with Crippen LogP contribution in [0, 0.1) is 0 Å². The van der Waals surface area contributed by atoms with Gasteiger partial charge in [0.15, 0.2) is 0 Å². The standard InChI is InChI=1S/C17H18N4OS2/c22-16(9-13-11-24-17(19-13)12-6-8-23-10-12)20-15-5-7-18-21(15)14-3-1-2-4-14/h5-8,10-11,14H,1-4,9H2,(H,20,22). The minimum absolute atomic E-state index is 0.0445. The number of nitrogens with one attached hydrogen (secondary N) is 1. The summed E-state index contributed by atoms with van der Waals surface area (Å²) in [6.07, 6.45) is 6.80. The molecule has 0 aliphatic heterocycles. The van der Waals surface area contributed by atoms with Crippen LogP contribution < -0.4 is 5.32 Å². The van der Waals surface area contributed by atoms with Crippen molar-refractivity contribution < 1.29 is 4.79 Å². The SMILES string of the molecule is O=C(Cc1csc(-c2ccsc2)n1)Nc1ccnn1C1CCCC1. The zero-order chi connectivity index (χ0) is 16.4. The molecule has 3 aromatic rings. The van der Waals surface area contributed by atoms with E-state index in [9.17, 15) is 4.79 Å². The molecule has 3 aromatic heterocycles. The second kappa shape index (κ2) is 6.86. The molecule has 4 rings (SSSR count). The summed E-state index contributed by atoms with van der Waals surface area (Å²) in [4.78, 5) is 16.9. The van der Waals surface area contributed by atoms with Crippen LogP contribution in [0.5, 0.6) is 0 Å². The predicted octanol–water partition coefficient (Wildman–Crippen LogP) is 4.36. The Kier molecular flexibility index (Phi) is 4.44. The molecular weight excluding hydrogens is 340 g/mol. The minimum Gasteiger partial charge on any atom is -0.311 e. The first kappa shape index (κ1) is 15.5. The van der Waals surface area contributed by atoms with E-state index < -0.39 is 0 Å². The number of rotatable bonds is 5. The van der Waals surface area contributed by atoms with Crippen molar-refractivity contribution in [3.63, 3.8) is 0 Å². The van der Waals surface area contributed by atoms with Crippen molar-refractivity contribution in [1.29, 1.82) is 0 Å². The molecule has 1 saturated carbocycles. The first-order chi connectivity index (χ1) is 11.8. The van der Waals surface area contributed by atoms with Gasteiger partial charge in [-0.2, -0.15) is 16.4 Å². The third-order valence-corrected chi connectivity index (χ3v) is 5.89. The molecule has 3 heterocycles. The fraction of sp³-hybridized carbons (Fsp3) is 0.353. The van der Waals surface area contributed by atoms with Crippen LogP contribution >= 0.6 is 22.7 Å². The molecule has 5 nitrogen and oxygen atoms in total. The zero-order valence-electron chi connectivity index (χ0n) is 13.1. The molecule has 1 fully saturated rings. The first-order valence-electron chi connectivity index (χ1n) is 8.10. The molecule has 1 aliphatic rings. The van der Waals surface area contributed by atoms with Crippen molar-refractivity contribution >= 4 is 34.4 Å². The van der Waals surface area contributed by atoms with Gasteiger partial charge in [0.25, 0.3) is 0 Å². The lowest BCUT2D eigenvalue weighted by Crippen LogP contribution is -2.19. The number of anilines is 1. The van der Waals surface area contributed by atoms with Crippen LogP contribution in [0.2, 0.25) is 0 Å². The van der Waals surface area contributed by atoms with Crippen LogP contribution in [-0.4, -0.2) is 20.7 Å². The van der Waals surface area contributed by atoms with Crippen LogP contribution in [0.15, 0.2) is 34.5 Å². The summed E-state index contributed by atoms with van der Waals surface area (Å²) in [6.45, 7) is 0. The summed E-state index contributed by atoms with van der Waals surface area (Å²) in [6, 6.07) is 4.33. The number of carbonyl (C=O) groups is 1. The van der Waals surface area contributed by atoms with Crippen LogP contribution in [0.3, 0.4) is 0 Å². The summed E-state index contributed by atoms with van der Waals surface area (Å²) in [5.74, 6) is 0.747. The van der Waals surface area contributed by atoms with E-state index in [0.29, 0.717) is 6.04 Å². The second-order valence-electron chi connectivity index (χ2n) is 5.98. The molecule has 0 aromatic carbocycles. The second-order valence-corrected chi connectivity index (χ2v) is 7.62. The maximum Gasteiger partial charge on any atom is 0.231 e. The lowest BCUT2D eigenvalue weighted by atomic mass is 10.2. The Morgan fingerprint density at radius 2 is 2.17 bits per heavy atom. The minimum atomic E-state index is -0.0445. The Hall–Kier alpha value is -1.99. The Bertz CT molecular complexity index is 815. The number of thiazole rings is 1. The van der Waals surface area contributed by atoms with Gasteiger partial charge in [-0.25, -0.2) is 9.67 Å². The van der Waals surface area contributed by atoms with Crippen molar-refractivity contribution in [3.8, 4) is 10.6 Å². The van der Waals surface area contributed by atoms with E-state index >= 15 is 0 Å². The number of hydrogen-bond donors (Lipinski definition) is 1. The van der Waals surface area contributed by atoms with E-state index in [4.69, 9.17) is 0 Å². The number of amides is 1. The summed E-state index contributed by atoms with van der Waals surface area (Å²) in [7, 11) is 0. The van der Waals surface area contributed by atoms with Crippen LogP contribution in [0.25, 0.3) is 10.6 Å². The van der Waals surface area contributed by atoms with Crippen molar-refractivity contribution in [3.05, 3.63) is 40.2 Å². The fourth-order valence-corrected chi connectivity index (χ4v) is 4.64. The monoisotopic (exact) mass is 358 g/mol. The van der Waals surface area contributed by atoms with Gasteiger partial charge in [0.05, 0.1) is 24.4 Å². The van der Waals surface area contributed by atoms with Crippen molar-refractivity contribution in [2.45, 2.75) is 38.1 Å². The van der Waals surface area contributed by atoms with Gasteiger partial charge in [0.1, 0.15) is 10.8 Å². The molecule has 7 heteroatoms. The summed E-state index contributed by atoms with van der Waals surface area (Å²) in [5, 5.41) is 14.4. The highest BCUT2D eigenvalue weighted by atomic mass is 32.1. The number of aromatic nitrogens is 3. The van der Waals surface area contributed by atoms with E-state index in [1.54, 1.807) is 28.9 Å². The van der Waals surface area contributed by atoms with Crippen molar-refractivity contribution in [2.24, 2.45) is 0 Å². The van der Waals surface area contributed by atoms with Gasteiger partial charge in [-0.05, 0) is 24.3 Å². The van der Waals surface area contributed by atoms with Gasteiger partial charge < -0.3 is 5.32 Å². The van der Waals surface area contributed by atoms with Crippen molar-refractivity contribution in [1.82, 2.24) is 14.8 Å².